The minimum atomic E-state index is -2.83. The molecule has 2 aromatic rings. The lowest BCUT2D eigenvalue weighted by Gasteiger charge is -2.42. The SMILES string of the molecule is CC1(c2ccccc2)CCC[Si](O)(c2ccccc2)O1. The van der Waals surface area contributed by atoms with Gasteiger partial charge in [0, 0.05) is 0 Å². The van der Waals surface area contributed by atoms with Gasteiger partial charge in [0.05, 0.1) is 5.60 Å². The highest BCUT2D eigenvalue weighted by Crippen LogP contribution is 2.39. The Hall–Kier alpha value is -1.42. The molecule has 2 nitrogen and oxygen atoms in total. The van der Waals surface area contributed by atoms with Crippen LogP contribution in [0.1, 0.15) is 25.3 Å². The molecule has 0 radical (unpaired) electrons. The monoisotopic (exact) mass is 284 g/mol. The first-order valence-electron chi connectivity index (χ1n) is 7.16. The second-order valence-electron chi connectivity index (χ2n) is 5.70. The van der Waals surface area contributed by atoms with Crippen LogP contribution in [0.2, 0.25) is 6.04 Å². The van der Waals surface area contributed by atoms with Crippen LogP contribution in [-0.2, 0) is 10.0 Å². The molecule has 1 saturated heterocycles. The van der Waals surface area contributed by atoms with Gasteiger partial charge in [0.1, 0.15) is 0 Å². The fourth-order valence-electron chi connectivity index (χ4n) is 3.04. The van der Waals surface area contributed by atoms with Crippen molar-refractivity contribution in [3.8, 4) is 0 Å². The van der Waals surface area contributed by atoms with E-state index in [1.807, 2.05) is 48.5 Å². The summed E-state index contributed by atoms with van der Waals surface area (Å²) in [7, 11) is -2.83. The predicted molar refractivity (Wildman–Crippen MR) is 83.0 cm³/mol. The summed E-state index contributed by atoms with van der Waals surface area (Å²) < 4.78 is 6.33. The average Bonchev–Trinajstić information content (AvgIpc) is 2.49. The van der Waals surface area contributed by atoms with Gasteiger partial charge < -0.3 is 9.22 Å². The zero-order valence-electron chi connectivity index (χ0n) is 11.8. The Kier molecular flexibility index (Phi) is 3.50. The molecule has 3 rings (SSSR count). The second kappa shape index (κ2) is 5.17. The molecule has 104 valence electrons. The highest BCUT2D eigenvalue weighted by molar-refractivity contribution is 6.80. The van der Waals surface area contributed by atoms with Crippen LogP contribution in [0.5, 0.6) is 0 Å². The Morgan fingerprint density at radius 3 is 2.25 bits per heavy atom. The normalized spacial score (nSPS) is 30.1. The van der Waals surface area contributed by atoms with Gasteiger partial charge in [-0.2, -0.15) is 0 Å². The lowest BCUT2D eigenvalue weighted by Crippen LogP contribution is -2.58. The van der Waals surface area contributed by atoms with Crippen LogP contribution in [0, 0.1) is 0 Å². The van der Waals surface area contributed by atoms with Gasteiger partial charge in [-0.05, 0) is 36.6 Å². The van der Waals surface area contributed by atoms with Gasteiger partial charge in [-0.3, -0.25) is 0 Å². The smallest absolute Gasteiger partial charge is 0.370 e. The number of hydrogen-bond acceptors (Lipinski definition) is 2. The Bertz CT molecular complexity index is 521. The zero-order chi connectivity index (χ0) is 14.1. The summed E-state index contributed by atoms with van der Waals surface area (Å²) in [5.41, 5.74) is 0.776. The van der Waals surface area contributed by atoms with Gasteiger partial charge in [-0.1, -0.05) is 60.7 Å². The molecule has 0 bridgehead atoms. The molecule has 1 N–H and O–H groups in total. The first-order valence-corrected chi connectivity index (χ1v) is 9.22. The molecular weight excluding hydrogens is 264 g/mol. The molecule has 2 aromatic carbocycles. The van der Waals surface area contributed by atoms with E-state index in [0.29, 0.717) is 0 Å². The molecule has 1 aliphatic heterocycles. The molecule has 2 atom stereocenters. The Morgan fingerprint density at radius 2 is 1.60 bits per heavy atom. The minimum Gasteiger partial charge on any atom is -0.407 e. The first kappa shape index (κ1) is 13.6. The lowest BCUT2D eigenvalue weighted by atomic mass is 9.91. The van der Waals surface area contributed by atoms with Crippen LogP contribution in [0.3, 0.4) is 0 Å². The molecule has 0 saturated carbocycles. The highest BCUT2D eigenvalue weighted by Gasteiger charge is 2.47. The molecule has 0 amide bonds. The largest absolute Gasteiger partial charge is 0.407 e. The van der Waals surface area contributed by atoms with Crippen LogP contribution in [-0.4, -0.2) is 13.4 Å². The maximum absolute atomic E-state index is 11.1. The zero-order valence-corrected chi connectivity index (χ0v) is 12.8. The quantitative estimate of drug-likeness (QED) is 0.859. The van der Waals surface area contributed by atoms with Gasteiger partial charge in [0.15, 0.2) is 0 Å². The third-order valence-electron chi connectivity index (χ3n) is 4.17. The van der Waals surface area contributed by atoms with Crippen molar-refractivity contribution in [2.75, 3.05) is 0 Å². The minimum absolute atomic E-state index is 0.379. The van der Waals surface area contributed by atoms with Gasteiger partial charge in [0.25, 0.3) is 0 Å². The van der Waals surface area contributed by atoms with E-state index >= 15 is 0 Å². The van der Waals surface area contributed by atoms with Gasteiger partial charge >= 0.3 is 8.56 Å². The summed E-state index contributed by atoms with van der Waals surface area (Å²) in [6, 6.07) is 20.9. The van der Waals surface area contributed by atoms with E-state index in [4.69, 9.17) is 4.43 Å². The molecule has 1 fully saturated rings. The number of rotatable bonds is 2. The van der Waals surface area contributed by atoms with E-state index in [1.165, 1.54) is 0 Å². The van der Waals surface area contributed by atoms with E-state index in [2.05, 4.69) is 19.1 Å². The molecule has 20 heavy (non-hydrogen) atoms. The third kappa shape index (κ3) is 2.44. The summed E-state index contributed by atoms with van der Waals surface area (Å²) in [6.45, 7) is 2.10. The molecule has 3 heteroatoms. The number of hydrogen-bond donors (Lipinski definition) is 1. The van der Waals surface area contributed by atoms with E-state index in [0.717, 1.165) is 29.6 Å². The molecule has 1 aliphatic rings. The molecule has 1 heterocycles. The van der Waals surface area contributed by atoms with Gasteiger partial charge in [-0.15, -0.1) is 0 Å². The Labute approximate surface area is 121 Å². The third-order valence-corrected chi connectivity index (χ3v) is 7.23. The van der Waals surface area contributed by atoms with E-state index in [-0.39, 0.29) is 5.60 Å². The number of benzene rings is 2. The topological polar surface area (TPSA) is 29.5 Å². The van der Waals surface area contributed by atoms with Gasteiger partial charge in [-0.25, -0.2) is 0 Å². The molecule has 2 unspecified atom stereocenters. The van der Waals surface area contributed by atoms with E-state index in [9.17, 15) is 4.80 Å². The standard InChI is InChI=1S/C17H20O2Si/c1-17(15-9-4-2-5-10-15)13-8-14-20(18,19-17)16-11-6-3-7-12-16/h2-7,9-12,18H,8,13-14H2,1H3. The lowest BCUT2D eigenvalue weighted by molar-refractivity contribution is 0.0255. The van der Waals surface area contributed by atoms with Crippen LogP contribution in [0.4, 0.5) is 0 Å². The van der Waals surface area contributed by atoms with Crippen molar-refractivity contribution in [3.63, 3.8) is 0 Å². The van der Waals surface area contributed by atoms with Crippen molar-refractivity contribution < 1.29 is 9.22 Å². The van der Waals surface area contributed by atoms with Crippen LogP contribution < -0.4 is 5.19 Å². The van der Waals surface area contributed by atoms with Crippen LogP contribution in [0.15, 0.2) is 60.7 Å². The summed E-state index contributed by atoms with van der Waals surface area (Å²) >= 11 is 0. The van der Waals surface area contributed by atoms with Crippen molar-refractivity contribution >= 4 is 13.7 Å². The van der Waals surface area contributed by atoms with Crippen LogP contribution >= 0.6 is 0 Å². The first-order chi connectivity index (χ1) is 9.62. The summed E-state index contributed by atoms with van der Waals surface area (Å²) in [4.78, 5) is 11.1. The molecule has 0 aromatic heterocycles. The maximum Gasteiger partial charge on any atom is 0.370 e. The van der Waals surface area contributed by atoms with E-state index in [1.54, 1.807) is 0 Å². The fourth-order valence-corrected chi connectivity index (χ4v) is 5.88. The fraction of sp³-hybridized carbons (Fsp3) is 0.294. The van der Waals surface area contributed by atoms with Crippen molar-refractivity contribution in [3.05, 3.63) is 66.2 Å². The van der Waals surface area contributed by atoms with Gasteiger partial charge in [0.2, 0.25) is 0 Å². The predicted octanol–water partition coefficient (Wildman–Crippen LogP) is 3.05. The molecule has 0 spiro atoms. The summed E-state index contributed by atoms with van der Waals surface area (Å²) in [5, 5.41) is 0.974. The van der Waals surface area contributed by atoms with Crippen LogP contribution in [0.25, 0.3) is 0 Å². The Morgan fingerprint density at radius 1 is 1.00 bits per heavy atom. The van der Waals surface area contributed by atoms with Crippen molar-refractivity contribution in [2.45, 2.75) is 31.4 Å². The second-order valence-corrected chi connectivity index (χ2v) is 8.55. The molecule has 0 aliphatic carbocycles. The summed E-state index contributed by atoms with van der Waals surface area (Å²) in [6.07, 6.45) is 1.96. The maximum atomic E-state index is 11.1. The van der Waals surface area contributed by atoms with Crippen molar-refractivity contribution in [1.82, 2.24) is 0 Å². The average molecular weight is 284 g/mol. The van der Waals surface area contributed by atoms with E-state index < -0.39 is 8.56 Å². The summed E-state index contributed by atoms with van der Waals surface area (Å²) in [5.74, 6) is 0. The van der Waals surface area contributed by atoms with Crippen molar-refractivity contribution in [1.29, 1.82) is 0 Å². The molecular formula is C17H20O2Si. The highest BCUT2D eigenvalue weighted by atomic mass is 28.4. The Balaban J connectivity index is 1.94. The van der Waals surface area contributed by atoms with Crippen molar-refractivity contribution in [2.24, 2.45) is 0 Å².